The van der Waals surface area contributed by atoms with E-state index < -0.39 is 0 Å². The molecule has 2 heterocycles. The van der Waals surface area contributed by atoms with Crippen molar-refractivity contribution in [2.24, 2.45) is 0 Å². The van der Waals surface area contributed by atoms with Crippen molar-refractivity contribution < 1.29 is 0 Å². The van der Waals surface area contributed by atoms with Gasteiger partial charge in [-0.3, -0.25) is 0 Å². The van der Waals surface area contributed by atoms with Crippen LogP contribution in [-0.4, -0.2) is 31.8 Å². The van der Waals surface area contributed by atoms with E-state index in [0.29, 0.717) is 10.5 Å². The minimum Gasteiger partial charge on any atom is -0.306 e. The average Bonchev–Trinajstić information content (AvgIpc) is 2.38. The van der Waals surface area contributed by atoms with Gasteiger partial charge in [-0.2, -0.15) is 11.8 Å². The number of hydrogen-bond donors (Lipinski definition) is 1. The standard InChI is InChI=1S/C16H27N3S2/c1-10-7-13(8-17-16(4,5)6)19-15(18-10)14-9-20-11(2)12(3)21-14/h7,11-12,14,17H,8-9H2,1-6H3. The fourth-order valence-corrected chi connectivity index (χ4v) is 5.01. The maximum atomic E-state index is 4.81. The van der Waals surface area contributed by atoms with E-state index in [-0.39, 0.29) is 5.54 Å². The molecule has 1 N–H and O–H groups in total. The van der Waals surface area contributed by atoms with E-state index in [1.54, 1.807) is 0 Å². The number of hydrogen-bond acceptors (Lipinski definition) is 5. The Kier molecular flexibility index (Phi) is 5.60. The predicted molar refractivity (Wildman–Crippen MR) is 95.1 cm³/mol. The first-order valence-corrected chi connectivity index (χ1v) is 9.60. The van der Waals surface area contributed by atoms with E-state index in [1.807, 2.05) is 23.5 Å². The van der Waals surface area contributed by atoms with Crippen LogP contribution < -0.4 is 5.32 Å². The largest absolute Gasteiger partial charge is 0.306 e. The molecule has 5 heteroatoms. The lowest BCUT2D eigenvalue weighted by molar-refractivity contribution is 0.420. The Labute approximate surface area is 137 Å². The maximum Gasteiger partial charge on any atom is 0.142 e. The number of nitrogens with one attached hydrogen (secondary N) is 1. The topological polar surface area (TPSA) is 37.8 Å². The van der Waals surface area contributed by atoms with Crippen molar-refractivity contribution >= 4 is 23.5 Å². The molecule has 0 amide bonds. The Hall–Kier alpha value is -0.260. The summed E-state index contributed by atoms with van der Waals surface area (Å²) in [5, 5.41) is 5.32. The highest BCUT2D eigenvalue weighted by atomic mass is 32.2. The first-order chi connectivity index (χ1) is 9.74. The lowest BCUT2D eigenvalue weighted by Gasteiger charge is -2.30. The third-order valence-electron chi connectivity index (χ3n) is 3.56. The summed E-state index contributed by atoms with van der Waals surface area (Å²) in [6, 6.07) is 2.09. The van der Waals surface area contributed by atoms with E-state index >= 15 is 0 Å². The molecule has 1 fully saturated rings. The van der Waals surface area contributed by atoms with Crippen molar-refractivity contribution in [3.8, 4) is 0 Å². The first kappa shape index (κ1) is 17.1. The van der Waals surface area contributed by atoms with E-state index in [0.717, 1.165) is 34.8 Å². The van der Waals surface area contributed by atoms with Gasteiger partial charge in [-0.1, -0.05) is 13.8 Å². The molecule has 1 aliphatic heterocycles. The second-order valence-corrected chi connectivity index (χ2v) is 9.83. The number of aromatic nitrogens is 2. The van der Waals surface area contributed by atoms with Gasteiger partial charge in [-0.05, 0) is 33.8 Å². The van der Waals surface area contributed by atoms with Crippen LogP contribution in [-0.2, 0) is 6.54 Å². The Morgan fingerprint density at radius 2 is 1.95 bits per heavy atom. The molecular weight excluding hydrogens is 298 g/mol. The van der Waals surface area contributed by atoms with Crippen molar-refractivity contribution in [2.75, 3.05) is 5.75 Å². The van der Waals surface area contributed by atoms with Crippen LogP contribution in [0.5, 0.6) is 0 Å². The zero-order valence-electron chi connectivity index (χ0n) is 13.9. The number of rotatable bonds is 3. The molecule has 3 unspecified atom stereocenters. The van der Waals surface area contributed by atoms with Gasteiger partial charge < -0.3 is 5.32 Å². The van der Waals surface area contributed by atoms with Crippen molar-refractivity contribution in [1.29, 1.82) is 0 Å². The van der Waals surface area contributed by atoms with E-state index in [2.05, 4.69) is 57.9 Å². The number of nitrogens with zero attached hydrogens (tertiary/aromatic N) is 2. The first-order valence-electron chi connectivity index (χ1n) is 7.61. The second kappa shape index (κ2) is 6.88. The quantitative estimate of drug-likeness (QED) is 0.910. The van der Waals surface area contributed by atoms with E-state index in [4.69, 9.17) is 4.98 Å². The maximum absolute atomic E-state index is 4.81. The molecule has 0 spiro atoms. The molecule has 118 valence electrons. The third kappa shape index (κ3) is 5.15. The van der Waals surface area contributed by atoms with Gasteiger partial charge in [0, 0.05) is 34.0 Å². The summed E-state index contributed by atoms with van der Waals surface area (Å²) >= 11 is 4.06. The highest BCUT2D eigenvalue weighted by molar-refractivity contribution is 8.07. The molecule has 0 saturated carbocycles. The third-order valence-corrected chi connectivity index (χ3v) is 6.95. The lowest BCUT2D eigenvalue weighted by Crippen LogP contribution is -2.35. The zero-order valence-corrected chi connectivity index (χ0v) is 15.6. The second-order valence-electron chi connectivity index (χ2n) is 6.83. The Bertz CT molecular complexity index is 485. The molecule has 0 bridgehead atoms. The minimum atomic E-state index is 0.110. The molecule has 0 radical (unpaired) electrons. The lowest BCUT2D eigenvalue weighted by atomic mass is 10.1. The SMILES string of the molecule is Cc1cc(CNC(C)(C)C)nc(C2CSC(C)C(C)S2)n1. The predicted octanol–water partition coefficient (Wildman–Crippen LogP) is 3.97. The molecule has 3 atom stereocenters. The Morgan fingerprint density at radius 1 is 1.24 bits per heavy atom. The van der Waals surface area contributed by atoms with Crippen LogP contribution in [0.1, 0.15) is 57.1 Å². The molecule has 0 aromatic carbocycles. The number of aryl methyl sites for hydroxylation is 1. The van der Waals surface area contributed by atoms with Gasteiger partial charge in [0.2, 0.25) is 0 Å². The molecule has 1 aromatic heterocycles. The highest BCUT2D eigenvalue weighted by Crippen LogP contribution is 2.43. The van der Waals surface area contributed by atoms with Gasteiger partial charge in [0.15, 0.2) is 0 Å². The van der Waals surface area contributed by atoms with Gasteiger partial charge in [-0.25, -0.2) is 9.97 Å². The molecule has 21 heavy (non-hydrogen) atoms. The van der Waals surface area contributed by atoms with Crippen LogP contribution in [0.2, 0.25) is 0 Å². The van der Waals surface area contributed by atoms with Gasteiger partial charge >= 0.3 is 0 Å². The van der Waals surface area contributed by atoms with Gasteiger partial charge in [0.1, 0.15) is 5.82 Å². The zero-order chi connectivity index (χ0) is 15.6. The van der Waals surface area contributed by atoms with Gasteiger partial charge in [0.25, 0.3) is 0 Å². The molecule has 1 saturated heterocycles. The highest BCUT2D eigenvalue weighted by Gasteiger charge is 2.28. The smallest absolute Gasteiger partial charge is 0.142 e. The van der Waals surface area contributed by atoms with Crippen molar-refractivity contribution in [3.05, 3.63) is 23.3 Å². The molecule has 1 aromatic rings. The molecule has 1 aliphatic rings. The van der Waals surface area contributed by atoms with Crippen LogP contribution >= 0.6 is 23.5 Å². The number of thioether (sulfide) groups is 2. The van der Waals surface area contributed by atoms with Crippen molar-refractivity contribution in [2.45, 2.75) is 69.4 Å². The summed E-state index contributed by atoms with van der Waals surface area (Å²) in [6.07, 6.45) is 0. The van der Waals surface area contributed by atoms with Crippen molar-refractivity contribution in [3.63, 3.8) is 0 Å². The fourth-order valence-electron chi connectivity index (χ4n) is 2.17. The van der Waals surface area contributed by atoms with Crippen molar-refractivity contribution in [1.82, 2.24) is 15.3 Å². The summed E-state index contributed by atoms with van der Waals surface area (Å²) in [4.78, 5) is 9.50. The van der Waals surface area contributed by atoms with Crippen LogP contribution in [0.3, 0.4) is 0 Å². The monoisotopic (exact) mass is 325 g/mol. The van der Waals surface area contributed by atoms with Crippen LogP contribution in [0.4, 0.5) is 0 Å². The van der Waals surface area contributed by atoms with E-state index in [9.17, 15) is 0 Å². The summed E-state index contributed by atoms with van der Waals surface area (Å²) in [7, 11) is 0. The normalized spacial score (nSPS) is 26.9. The summed E-state index contributed by atoms with van der Waals surface area (Å²) < 4.78 is 0. The van der Waals surface area contributed by atoms with Gasteiger partial charge in [0.05, 0.1) is 10.9 Å². The molecule has 2 rings (SSSR count). The summed E-state index contributed by atoms with van der Waals surface area (Å²) in [5.74, 6) is 2.13. The summed E-state index contributed by atoms with van der Waals surface area (Å²) in [6.45, 7) is 14.0. The van der Waals surface area contributed by atoms with Gasteiger partial charge in [-0.15, -0.1) is 11.8 Å². The molecule has 3 nitrogen and oxygen atoms in total. The van der Waals surface area contributed by atoms with Crippen LogP contribution in [0.25, 0.3) is 0 Å². The Balaban J connectivity index is 2.11. The minimum absolute atomic E-state index is 0.110. The van der Waals surface area contributed by atoms with Crippen LogP contribution in [0, 0.1) is 6.92 Å². The average molecular weight is 326 g/mol. The fraction of sp³-hybridized carbons (Fsp3) is 0.750. The molecule has 0 aliphatic carbocycles. The Morgan fingerprint density at radius 3 is 2.57 bits per heavy atom. The van der Waals surface area contributed by atoms with Crippen LogP contribution in [0.15, 0.2) is 6.07 Å². The summed E-state index contributed by atoms with van der Waals surface area (Å²) in [5.41, 5.74) is 2.28. The van der Waals surface area contributed by atoms with E-state index in [1.165, 1.54) is 0 Å². The molecular formula is C16H27N3S2.